The van der Waals surface area contributed by atoms with Gasteiger partial charge in [-0.25, -0.2) is 8.42 Å². The highest BCUT2D eigenvalue weighted by molar-refractivity contribution is 9.10. The van der Waals surface area contributed by atoms with Gasteiger partial charge in [-0.2, -0.15) is 4.31 Å². The van der Waals surface area contributed by atoms with E-state index in [-0.39, 0.29) is 16.8 Å². The third-order valence-corrected chi connectivity index (χ3v) is 8.21. The molecule has 2 aliphatic rings. The predicted molar refractivity (Wildman–Crippen MR) is 108 cm³/mol. The molecule has 0 aliphatic carbocycles. The van der Waals surface area contributed by atoms with E-state index in [4.69, 9.17) is 0 Å². The predicted octanol–water partition coefficient (Wildman–Crippen LogP) is 3.49. The monoisotopic (exact) mass is 448 g/mol. The molecule has 0 fully saturated rings. The maximum absolute atomic E-state index is 13.4. The standard InChI is InChI=1S/C20H21BrN2O3S/c1-13-9-17-10-18(21)20(11-19(17)23(13)14(2)24)27(25,26)22-8-7-15-5-3-4-6-16(15)12-22/h3-6,10-11,13H,7-9,12H2,1-2H3. The fourth-order valence-electron chi connectivity index (χ4n) is 4.11. The van der Waals surface area contributed by atoms with E-state index in [0.29, 0.717) is 29.7 Å². The van der Waals surface area contributed by atoms with Gasteiger partial charge in [-0.15, -0.1) is 0 Å². The first-order valence-corrected chi connectivity index (χ1v) is 11.2. The first kappa shape index (κ1) is 18.7. The molecule has 27 heavy (non-hydrogen) atoms. The summed E-state index contributed by atoms with van der Waals surface area (Å²) in [5.74, 6) is -0.0705. The third-order valence-electron chi connectivity index (χ3n) is 5.40. The van der Waals surface area contributed by atoms with Crippen LogP contribution in [0.15, 0.2) is 45.8 Å². The first-order valence-electron chi connectivity index (χ1n) is 8.98. The Balaban J connectivity index is 1.74. The average Bonchev–Trinajstić information content (AvgIpc) is 2.95. The smallest absolute Gasteiger partial charge is 0.244 e. The number of rotatable bonds is 2. The number of carbonyl (C=O) groups is 1. The van der Waals surface area contributed by atoms with Crippen LogP contribution in [0.2, 0.25) is 0 Å². The van der Waals surface area contributed by atoms with Gasteiger partial charge in [0.2, 0.25) is 15.9 Å². The summed E-state index contributed by atoms with van der Waals surface area (Å²) in [5.41, 5.74) is 3.94. The van der Waals surface area contributed by atoms with E-state index in [9.17, 15) is 13.2 Å². The summed E-state index contributed by atoms with van der Waals surface area (Å²) in [5, 5.41) is 0. The number of fused-ring (bicyclic) bond motifs is 2. The molecule has 142 valence electrons. The van der Waals surface area contributed by atoms with E-state index >= 15 is 0 Å². The zero-order valence-electron chi connectivity index (χ0n) is 15.3. The Morgan fingerprint density at radius 2 is 1.85 bits per heavy atom. The van der Waals surface area contributed by atoms with Crippen molar-refractivity contribution in [2.75, 3.05) is 11.4 Å². The quantitative estimate of drug-likeness (QED) is 0.706. The summed E-state index contributed by atoms with van der Waals surface area (Å²) in [6, 6.07) is 11.5. The van der Waals surface area contributed by atoms with Gasteiger partial charge in [0.1, 0.15) is 0 Å². The van der Waals surface area contributed by atoms with Crippen molar-refractivity contribution in [3.05, 3.63) is 57.6 Å². The van der Waals surface area contributed by atoms with E-state index < -0.39 is 10.0 Å². The molecular formula is C20H21BrN2O3S. The van der Waals surface area contributed by atoms with Crippen molar-refractivity contribution < 1.29 is 13.2 Å². The number of nitrogens with zero attached hydrogens (tertiary/aromatic N) is 2. The van der Waals surface area contributed by atoms with Crippen molar-refractivity contribution in [1.29, 1.82) is 0 Å². The van der Waals surface area contributed by atoms with E-state index in [0.717, 1.165) is 17.5 Å². The van der Waals surface area contributed by atoms with Gasteiger partial charge >= 0.3 is 0 Å². The van der Waals surface area contributed by atoms with E-state index in [2.05, 4.69) is 22.0 Å². The number of anilines is 1. The molecule has 5 nitrogen and oxygen atoms in total. The van der Waals surface area contributed by atoms with Gasteiger partial charge in [0.25, 0.3) is 0 Å². The average molecular weight is 449 g/mol. The Morgan fingerprint density at radius 3 is 2.56 bits per heavy atom. The Bertz CT molecular complexity index is 1040. The molecule has 0 aromatic heterocycles. The number of hydrogen-bond acceptors (Lipinski definition) is 3. The zero-order chi connectivity index (χ0) is 19.3. The summed E-state index contributed by atoms with van der Waals surface area (Å²) in [6.45, 7) is 4.32. The maximum Gasteiger partial charge on any atom is 0.244 e. The minimum absolute atomic E-state index is 0.0317. The van der Waals surface area contributed by atoms with Gasteiger partial charge in [0.05, 0.1) is 4.90 Å². The Labute approximate surface area is 168 Å². The van der Waals surface area contributed by atoms with Crippen LogP contribution in [0.3, 0.4) is 0 Å². The highest BCUT2D eigenvalue weighted by Gasteiger charge is 2.34. The summed E-state index contributed by atoms with van der Waals surface area (Å²) < 4.78 is 28.8. The van der Waals surface area contributed by atoms with Crippen LogP contribution in [0.1, 0.15) is 30.5 Å². The molecule has 1 unspecified atom stereocenters. The largest absolute Gasteiger partial charge is 0.309 e. The second-order valence-corrected chi connectivity index (χ2v) is 9.97. The molecule has 1 atom stereocenters. The highest BCUT2D eigenvalue weighted by atomic mass is 79.9. The molecule has 4 rings (SSSR count). The molecule has 1 amide bonds. The van der Waals surface area contributed by atoms with E-state index in [1.807, 2.05) is 31.2 Å². The van der Waals surface area contributed by atoms with Gasteiger partial charge in [-0.05, 0) is 64.5 Å². The molecule has 0 saturated heterocycles. The van der Waals surface area contributed by atoms with E-state index in [1.54, 1.807) is 11.0 Å². The molecular weight excluding hydrogens is 428 g/mol. The van der Waals surface area contributed by atoms with Gasteiger partial charge in [-0.3, -0.25) is 4.79 Å². The SMILES string of the molecule is CC(=O)N1c2cc(S(=O)(=O)N3CCc4ccccc4C3)c(Br)cc2CC1C. The van der Waals surface area contributed by atoms with Crippen LogP contribution in [0.4, 0.5) is 5.69 Å². The lowest BCUT2D eigenvalue weighted by Crippen LogP contribution is -2.36. The molecule has 0 spiro atoms. The van der Waals surface area contributed by atoms with Crippen LogP contribution in [-0.4, -0.2) is 31.2 Å². The van der Waals surface area contributed by atoms with Crippen LogP contribution >= 0.6 is 15.9 Å². The fraction of sp³-hybridized carbons (Fsp3) is 0.350. The van der Waals surface area contributed by atoms with Gasteiger partial charge in [-0.1, -0.05) is 24.3 Å². The van der Waals surface area contributed by atoms with E-state index in [1.165, 1.54) is 16.8 Å². The van der Waals surface area contributed by atoms with Crippen LogP contribution in [0.25, 0.3) is 0 Å². The molecule has 2 aromatic rings. The molecule has 2 aliphatic heterocycles. The molecule has 0 bridgehead atoms. The third kappa shape index (κ3) is 3.11. The maximum atomic E-state index is 13.4. The van der Waals surface area contributed by atoms with Crippen molar-refractivity contribution >= 4 is 37.5 Å². The number of amides is 1. The first-order chi connectivity index (χ1) is 12.8. The molecule has 2 aromatic carbocycles. The van der Waals surface area contributed by atoms with Crippen molar-refractivity contribution in [2.45, 2.75) is 44.2 Å². The Kier molecular flexibility index (Phi) is 4.64. The summed E-state index contributed by atoms with van der Waals surface area (Å²) in [6.07, 6.45) is 1.43. The summed E-state index contributed by atoms with van der Waals surface area (Å²) >= 11 is 3.45. The van der Waals surface area contributed by atoms with Crippen LogP contribution in [0, 0.1) is 0 Å². The lowest BCUT2D eigenvalue weighted by atomic mass is 10.0. The summed E-state index contributed by atoms with van der Waals surface area (Å²) in [7, 11) is -3.68. The van der Waals surface area contributed by atoms with Crippen molar-refractivity contribution in [3.8, 4) is 0 Å². The molecule has 0 radical (unpaired) electrons. The molecule has 7 heteroatoms. The molecule has 2 heterocycles. The second-order valence-electron chi connectivity index (χ2n) is 7.21. The Morgan fingerprint density at radius 1 is 1.15 bits per heavy atom. The lowest BCUT2D eigenvalue weighted by Gasteiger charge is -2.29. The zero-order valence-corrected chi connectivity index (χ0v) is 17.7. The number of sulfonamides is 1. The van der Waals surface area contributed by atoms with Crippen LogP contribution < -0.4 is 4.90 Å². The number of hydrogen-bond donors (Lipinski definition) is 0. The normalized spacial score (nSPS) is 19.7. The van der Waals surface area contributed by atoms with Crippen molar-refractivity contribution in [3.63, 3.8) is 0 Å². The molecule has 0 saturated carbocycles. The topological polar surface area (TPSA) is 57.7 Å². The highest BCUT2D eigenvalue weighted by Crippen LogP contribution is 2.39. The van der Waals surface area contributed by atoms with Crippen molar-refractivity contribution in [1.82, 2.24) is 4.31 Å². The van der Waals surface area contributed by atoms with Crippen LogP contribution in [0.5, 0.6) is 0 Å². The number of benzene rings is 2. The fourth-order valence-corrected chi connectivity index (χ4v) is 6.60. The van der Waals surface area contributed by atoms with Crippen LogP contribution in [-0.2, 0) is 34.2 Å². The number of halogens is 1. The lowest BCUT2D eigenvalue weighted by molar-refractivity contribution is -0.116. The second kappa shape index (κ2) is 6.72. The minimum Gasteiger partial charge on any atom is -0.309 e. The number of carbonyl (C=O) groups excluding carboxylic acids is 1. The Hall–Kier alpha value is -1.70. The summed E-state index contributed by atoms with van der Waals surface area (Å²) in [4.78, 5) is 14.0. The van der Waals surface area contributed by atoms with Gasteiger partial charge in [0.15, 0.2) is 0 Å². The van der Waals surface area contributed by atoms with Gasteiger partial charge < -0.3 is 4.90 Å². The van der Waals surface area contributed by atoms with Crippen molar-refractivity contribution in [2.24, 2.45) is 0 Å². The molecule has 0 N–H and O–H groups in total. The van der Waals surface area contributed by atoms with Gasteiger partial charge in [0, 0.05) is 36.2 Å². The minimum atomic E-state index is -3.68.